The maximum atomic E-state index is 12.6. The Morgan fingerprint density at radius 1 is 1.33 bits per heavy atom. The number of aryl methyl sites for hydroxylation is 1. The molecular weight excluding hydrogens is 294 g/mol. The Balaban J connectivity index is 3.21. The monoisotopic (exact) mass is 315 g/mol. The van der Waals surface area contributed by atoms with Crippen LogP contribution >= 0.6 is 0 Å². The lowest BCUT2D eigenvalue weighted by molar-refractivity contribution is 0.0696. The molecule has 1 aromatic rings. The molecule has 0 radical (unpaired) electrons. The third kappa shape index (κ3) is 4.03. The number of carboxylic acid groups (broad SMARTS) is 1. The molecule has 0 unspecified atom stereocenters. The molecule has 0 bridgehead atoms. The third-order valence-electron chi connectivity index (χ3n) is 3.38. The second-order valence-corrected chi connectivity index (χ2v) is 6.91. The summed E-state index contributed by atoms with van der Waals surface area (Å²) in [6, 6.07) is 2.69. The highest BCUT2D eigenvalue weighted by Gasteiger charge is 2.24. The number of ether oxygens (including phenoxy) is 1. The van der Waals surface area contributed by atoms with Crippen LogP contribution in [0.4, 0.5) is 0 Å². The van der Waals surface area contributed by atoms with Crippen LogP contribution in [-0.4, -0.2) is 51.1 Å². The number of methoxy groups -OCH3 is 1. The average molecular weight is 315 g/mol. The summed E-state index contributed by atoms with van der Waals surface area (Å²) in [5.74, 6) is -1.14. The Bertz CT molecular complexity index is 624. The molecule has 7 heteroatoms. The van der Waals surface area contributed by atoms with Gasteiger partial charge in [-0.05, 0) is 43.5 Å². The topological polar surface area (TPSA) is 83.9 Å². The molecule has 1 aromatic carbocycles. The van der Waals surface area contributed by atoms with E-state index >= 15 is 0 Å². The molecular formula is C14H21NO5S. The number of carboxylic acids is 1. The molecule has 0 heterocycles. The highest BCUT2D eigenvalue weighted by molar-refractivity contribution is 7.89. The summed E-state index contributed by atoms with van der Waals surface area (Å²) in [6.07, 6.45) is 0.572. The van der Waals surface area contributed by atoms with Gasteiger partial charge in [-0.25, -0.2) is 17.5 Å². The van der Waals surface area contributed by atoms with Gasteiger partial charge in [-0.15, -0.1) is 0 Å². The molecule has 0 aliphatic rings. The summed E-state index contributed by atoms with van der Waals surface area (Å²) < 4.78 is 31.3. The number of rotatable bonds is 7. The van der Waals surface area contributed by atoms with E-state index in [-0.39, 0.29) is 10.5 Å². The van der Waals surface area contributed by atoms with Crippen molar-refractivity contribution >= 4 is 16.0 Å². The SMILES string of the molecule is COCCCN(C)S(=O)(=O)c1cc(C(=O)O)cc(C)c1C. The van der Waals surface area contributed by atoms with E-state index in [2.05, 4.69) is 0 Å². The first-order valence-electron chi connectivity index (χ1n) is 6.51. The van der Waals surface area contributed by atoms with E-state index in [4.69, 9.17) is 9.84 Å². The van der Waals surface area contributed by atoms with Crippen molar-refractivity contribution in [3.05, 3.63) is 28.8 Å². The van der Waals surface area contributed by atoms with E-state index in [1.807, 2.05) is 0 Å². The fourth-order valence-corrected chi connectivity index (χ4v) is 3.47. The molecule has 0 aromatic heterocycles. The molecule has 0 amide bonds. The lowest BCUT2D eigenvalue weighted by Gasteiger charge is -2.19. The van der Waals surface area contributed by atoms with Crippen LogP contribution < -0.4 is 0 Å². The van der Waals surface area contributed by atoms with Gasteiger partial charge in [-0.1, -0.05) is 0 Å². The van der Waals surface area contributed by atoms with Crippen LogP contribution in [0.15, 0.2) is 17.0 Å². The minimum Gasteiger partial charge on any atom is -0.478 e. The van der Waals surface area contributed by atoms with Gasteiger partial charge < -0.3 is 9.84 Å². The maximum absolute atomic E-state index is 12.6. The van der Waals surface area contributed by atoms with Crippen molar-refractivity contribution < 1.29 is 23.1 Å². The Labute approximate surface area is 125 Å². The summed E-state index contributed by atoms with van der Waals surface area (Å²) in [4.78, 5) is 11.1. The third-order valence-corrected chi connectivity index (χ3v) is 5.36. The van der Waals surface area contributed by atoms with Crippen LogP contribution in [0.2, 0.25) is 0 Å². The first-order chi connectivity index (χ1) is 9.71. The summed E-state index contributed by atoms with van der Waals surface area (Å²) in [5, 5.41) is 9.08. The molecule has 0 aliphatic heterocycles. The Morgan fingerprint density at radius 3 is 2.48 bits per heavy atom. The minimum atomic E-state index is -3.71. The van der Waals surface area contributed by atoms with Crippen LogP contribution in [0.3, 0.4) is 0 Å². The molecule has 0 saturated heterocycles. The van der Waals surface area contributed by atoms with Gasteiger partial charge in [-0.3, -0.25) is 0 Å². The highest BCUT2D eigenvalue weighted by Crippen LogP contribution is 2.24. The molecule has 118 valence electrons. The van der Waals surface area contributed by atoms with E-state index in [1.54, 1.807) is 21.0 Å². The number of carbonyl (C=O) groups is 1. The van der Waals surface area contributed by atoms with E-state index in [0.717, 1.165) is 0 Å². The van der Waals surface area contributed by atoms with E-state index in [1.165, 1.54) is 23.5 Å². The van der Waals surface area contributed by atoms with Crippen molar-refractivity contribution in [1.29, 1.82) is 0 Å². The van der Waals surface area contributed by atoms with Crippen molar-refractivity contribution in [2.45, 2.75) is 25.2 Å². The zero-order valence-electron chi connectivity index (χ0n) is 12.7. The predicted molar refractivity (Wildman–Crippen MR) is 79.2 cm³/mol. The first-order valence-corrected chi connectivity index (χ1v) is 7.95. The van der Waals surface area contributed by atoms with E-state index < -0.39 is 16.0 Å². The molecule has 0 fully saturated rings. The minimum absolute atomic E-state index is 0.0260. The Hall–Kier alpha value is -1.44. The summed E-state index contributed by atoms with van der Waals surface area (Å²) in [5.41, 5.74) is 1.18. The van der Waals surface area contributed by atoms with Crippen LogP contribution in [0, 0.1) is 13.8 Å². The van der Waals surface area contributed by atoms with Crippen LogP contribution in [-0.2, 0) is 14.8 Å². The van der Waals surface area contributed by atoms with Crippen molar-refractivity contribution in [3.63, 3.8) is 0 Å². The van der Waals surface area contributed by atoms with Crippen molar-refractivity contribution in [3.8, 4) is 0 Å². The lowest BCUT2D eigenvalue weighted by Crippen LogP contribution is -2.29. The second kappa shape index (κ2) is 7.02. The molecule has 0 aliphatic carbocycles. The summed E-state index contributed by atoms with van der Waals surface area (Å²) >= 11 is 0. The zero-order chi connectivity index (χ0) is 16.2. The number of benzene rings is 1. The molecule has 0 spiro atoms. The van der Waals surface area contributed by atoms with Gasteiger partial charge in [0.15, 0.2) is 0 Å². The standard InChI is InChI=1S/C14H21NO5S/c1-10-8-12(14(16)17)9-13(11(10)2)21(18,19)15(3)6-5-7-20-4/h8-9H,5-7H2,1-4H3,(H,16,17). The summed E-state index contributed by atoms with van der Waals surface area (Å²) in [6.45, 7) is 4.15. The van der Waals surface area contributed by atoms with E-state index in [0.29, 0.717) is 30.7 Å². The van der Waals surface area contributed by atoms with Gasteiger partial charge in [0.25, 0.3) is 0 Å². The van der Waals surface area contributed by atoms with Crippen molar-refractivity contribution in [2.75, 3.05) is 27.3 Å². The molecule has 1 N–H and O–H groups in total. The van der Waals surface area contributed by atoms with Gasteiger partial charge in [0.05, 0.1) is 10.5 Å². The maximum Gasteiger partial charge on any atom is 0.335 e. The van der Waals surface area contributed by atoms with Gasteiger partial charge >= 0.3 is 5.97 Å². The van der Waals surface area contributed by atoms with Crippen LogP contribution in [0.5, 0.6) is 0 Å². The quantitative estimate of drug-likeness (QED) is 0.774. The van der Waals surface area contributed by atoms with Gasteiger partial charge in [0, 0.05) is 27.3 Å². The molecule has 6 nitrogen and oxygen atoms in total. The smallest absolute Gasteiger partial charge is 0.335 e. The Morgan fingerprint density at radius 2 is 1.95 bits per heavy atom. The van der Waals surface area contributed by atoms with Crippen LogP contribution in [0.1, 0.15) is 27.9 Å². The van der Waals surface area contributed by atoms with Gasteiger partial charge in [0.1, 0.15) is 0 Å². The predicted octanol–water partition coefficient (Wildman–Crippen LogP) is 1.66. The lowest BCUT2D eigenvalue weighted by atomic mass is 10.1. The number of aromatic carboxylic acids is 1. The Kier molecular flexibility index (Phi) is 5.88. The molecule has 1 rings (SSSR count). The molecule has 21 heavy (non-hydrogen) atoms. The molecule has 0 saturated carbocycles. The first kappa shape index (κ1) is 17.6. The average Bonchev–Trinajstić information content (AvgIpc) is 2.41. The largest absolute Gasteiger partial charge is 0.478 e. The van der Waals surface area contributed by atoms with Gasteiger partial charge in [0.2, 0.25) is 10.0 Å². The van der Waals surface area contributed by atoms with Crippen LogP contribution in [0.25, 0.3) is 0 Å². The molecule has 0 atom stereocenters. The van der Waals surface area contributed by atoms with Crippen molar-refractivity contribution in [1.82, 2.24) is 4.31 Å². The summed E-state index contributed by atoms with van der Waals surface area (Å²) in [7, 11) is -0.681. The second-order valence-electron chi connectivity index (χ2n) is 4.89. The number of hydrogen-bond donors (Lipinski definition) is 1. The fourth-order valence-electron chi connectivity index (χ4n) is 1.94. The normalized spacial score (nSPS) is 11.9. The number of sulfonamides is 1. The van der Waals surface area contributed by atoms with E-state index in [9.17, 15) is 13.2 Å². The number of nitrogens with zero attached hydrogens (tertiary/aromatic N) is 1. The van der Waals surface area contributed by atoms with Gasteiger partial charge in [-0.2, -0.15) is 0 Å². The highest BCUT2D eigenvalue weighted by atomic mass is 32.2. The fraction of sp³-hybridized carbons (Fsp3) is 0.500. The van der Waals surface area contributed by atoms with Crippen molar-refractivity contribution in [2.24, 2.45) is 0 Å². The zero-order valence-corrected chi connectivity index (χ0v) is 13.5. The number of hydrogen-bond acceptors (Lipinski definition) is 4.